The Morgan fingerprint density at radius 3 is 2.70 bits per heavy atom. The van der Waals surface area contributed by atoms with E-state index in [-0.39, 0.29) is 29.1 Å². The van der Waals surface area contributed by atoms with E-state index in [9.17, 15) is 13.2 Å². The SMILES string of the molecule is COCC(=O)Nc1nc2ccc(OS(=O)(=O)c3ccc(-n4ccnc4)cc3)cc2[nH]1. The number of nitrogens with one attached hydrogen (secondary N) is 2. The van der Waals surface area contributed by atoms with Gasteiger partial charge in [0.05, 0.1) is 17.4 Å². The molecule has 30 heavy (non-hydrogen) atoms. The van der Waals surface area contributed by atoms with Crippen molar-refractivity contribution in [2.75, 3.05) is 19.0 Å². The molecule has 0 aliphatic carbocycles. The Morgan fingerprint density at radius 1 is 1.20 bits per heavy atom. The van der Waals surface area contributed by atoms with Crippen molar-refractivity contribution in [2.45, 2.75) is 4.90 Å². The van der Waals surface area contributed by atoms with Crippen LogP contribution in [0.4, 0.5) is 5.95 Å². The Labute approximate surface area is 171 Å². The molecule has 1 amide bonds. The lowest BCUT2D eigenvalue weighted by atomic mass is 10.3. The summed E-state index contributed by atoms with van der Waals surface area (Å²) in [7, 11) is -2.62. The normalized spacial score (nSPS) is 11.5. The maximum atomic E-state index is 12.6. The van der Waals surface area contributed by atoms with Gasteiger partial charge in [-0.25, -0.2) is 9.97 Å². The number of imidazole rings is 2. The zero-order valence-electron chi connectivity index (χ0n) is 15.8. The van der Waals surface area contributed by atoms with E-state index in [0.29, 0.717) is 11.0 Å². The summed E-state index contributed by atoms with van der Waals surface area (Å²) in [5.74, 6) is -0.0310. The molecule has 0 aliphatic heterocycles. The highest BCUT2D eigenvalue weighted by atomic mass is 32.2. The second kappa shape index (κ2) is 7.97. The fourth-order valence-electron chi connectivity index (χ4n) is 2.77. The van der Waals surface area contributed by atoms with E-state index in [1.807, 2.05) is 0 Å². The third-order valence-electron chi connectivity index (χ3n) is 4.12. The molecule has 0 radical (unpaired) electrons. The third-order valence-corrected chi connectivity index (χ3v) is 5.38. The standard InChI is InChI=1S/C19H17N5O5S/c1-28-11-18(25)23-19-21-16-7-4-14(10-17(16)22-19)29-30(26,27)15-5-2-13(3-6-15)24-9-8-20-12-24/h2-10,12H,11H2,1H3,(H2,21,22,23,25). The molecule has 0 spiro atoms. The summed E-state index contributed by atoms with van der Waals surface area (Å²) in [6.07, 6.45) is 5.00. The molecule has 4 aromatic rings. The van der Waals surface area contributed by atoms with Gasteiger partial charge in [-0.3, -0.25) is 10.1 Å². The molecule has 0 fully saturated rings. The number of fused-ring (bicyclic) bond motifs is 1. The molecule has 4 rings (SSSR count). The van der Waals surface area contributed by atoms with Crippen molar-refractivity contribution < 1.29 is 22.1 Å². The molecule has 0 saturated heterocycles. The van der Waals surface area contributed by atoms with Crippen molar-refractivity contribution in [3.8, 4) is 11.4 Å². The minimum absolute atomic E-state index is 0.0172. The summed E-state index contributed by atoms with van der Waals surface area (Å²) >= 11 is 0. The van der Waals surface area contributed by atoms with Gasteiger partial charge in [-0.2, -0.15) is 8.42 Å². The molecule has 2 aromatic carbocycles. The van der Waals surface area contributed by atoms with E-state index < -0.39 is 10.1 Å². The van der Waals surface area contributed by atoms with Crippen LogP contribution in [-0.4, -0.2) is 47.6 Å². The van der Waals surface area contributed by atoms with Gasteiger partial charge in [-0.15, -0.1) is 0 Å². The van der Waals surface area contributed by atoms with Crippen LogP contribution in [0.15, 0.2) is 66.1 Å². The second-order valence-corrected chi connectivity index (χ2v) is 7.79. The van der Waals surface area contributed by atoms with Gasteiger partial charge in [-0.05, 0) is 36.4 Å². The van der Waals surface area contributed by atoms with E-state index in [2.05, 4.69) is 20.3 Å². The first-order valence-corrected chi connectivity index (χ1v) is 10.2. The number of hydrogen-bond acceptors (Lipinski definition) is 7. The van der Waals surface area contributed by atoms with Gasteiger partial charge < -0.3 is 18.5 Å². The molecular formula is C19H17N5O5S. The van der Waals surface area contributed by atoms with Crippen molar-refractivity contribution in [3.63, 3.8) is 0 Å². The number of methoxy groups -OCH3 is 1. The molecule has 11 heteroatoms. The largest absolute Gasteiger partial charge is 0.379 e. The van der Waals surface area contributed by atoms with E-state index >= 15 is 0 Å². The number of H-pyrrole nitrogens is 1. The number of carbonyl (C=O) groups excluding carboxylic acids is 1. The lowest BCUT2D eigenvalue weighted by molar-refractivity contribution is -0.119. The summed E-state index contributed by atoms with van der Waals surface area (Å²) < 4.78 is 37.0. The molecule has 0 aliphatic rings. The van der Waals surface area contributed by atoms with Crippen LogP contribution in [0.3, 0.4) is 0 Å². The van der Waals surface area contributed by atoms with Crippen LogP contribution in [0.5, 0.6) is 5.75 Å². The lowest BCUT2D eigenvalue weighted by Gasteiger charge is -2.08. The predicted molar refractivity (Wildman–Crippen MR) is 108 cm³/mol. The van der Waals surface area contributed by atoms with E-state index in [1.54, 1.807) is 41.5 Å². The highest BCUT2D eigenvalue weighted by Gasteiger charge is 2.17. The van der Waals surface area contributed by atoms with Crippen LogP contribution >= 0.6 is 0 Å². The Morgan fingerprint density at radius 2 is 2.00 bits per heavy atom. The van der Waals surface area contributed by atoms with Gasteiger partial charge in [0.1, 0.15) is 17.3 Å². The first-order valence-electron chi connectivity index (χ1n) is 8.76. The molecule has 0 unspecified atom stereocenters. The Bertz CT molecular complexity index is 1280. The number of aromatic nitrogens is 4. The van der Waals surface area contributed by atoms with E-state index in [1.165, 1.54) is 31.4 Å². The number of rotatable bonds is 7. The third kappa shape index (κ3) is 4.16. The summed E-state index contributed by atoms with van der Waals surface area (Å²) in [5, 5.41) is 2.55. The quantitative estimate of drug-likeness (QED) is 0.432. The van der Waals surface area contributed by atoms with Crippen molar-refractivity contribution in [1.82, 2.24) is 19.5 Å². The first kappa shape index (κ1) is 19.6. The van der Waals surface area contributed by atoms with Gasteiger partial charge in [0, 0.05) is 31.3 Å². The fraction of sp³-hybridized carbons (Fsp3) is 0.105. The number of carbonyl (C=O) groups is 1. The number of benzene rings is 2. The summed E-state index contributed by atoms with van der Waals surface area (Å²) in [5.41, 5.74) is 1.82. The van der Waals surface area contributed by atoms with Crippen molar-refractivity contribution in [3.05, 3.63) is 61.2 Å². The summed E-state index contributed by atoms with van der Waals surface area (Å²) in [6, 6.07) is 10.8. The number of nitrogens with zero attached hydrogens (tertiary/aromatic N) is 3. The molecule has 2 N–H and O–H groups in total. The minimum Gasteiger partial charge on any atom is -0.379 e. The monoisotopic (exact) mass is 427 g/mol. The van der Waals surface area contributed by atoms with Crippen LogP contribution in [0.25, 0.3) is 16.7 Å². The van der Waals surface area contributed by atoms with Crippen molar-refractivity contribution in [2.24, 2.45) is 0 Å². The number of amides is 1. The van der Waals surface area contributed by atoms with Crippen LogP contribution in [0.2, 0.25) is 0 Å². The topological polar surface area (TPSA) is 128 Å². The molecule has 10 nitrogen and oxygen atoms in total. The number of anilines is 1. The Hall–Kier alpha value is -3.70. The average molecular weight is 427 g/mol. The van der Waals surface area contributed by atoms with Gasteiger partial charge in [0.25, 0.3) is 5.91 Å². The lowest BCUT2D eigenvalue weighted by Crippen LogP contribution is -2.17. The van der Waals surface area contributed by atoms with Gasteiger partial charge >= 0.3 is 10.1 Å². The Kier molecular flexibility index (Phi) is 5.21. The number of ether oxygens (including phenoxy) is 1. The molecule has 154 valence electrons. The second-order valence-electron chi connectivity index (χ2n) is 6.25. The van der Waals surface area contributed by atoms with Gasteiger partial charge in [0.15, 0.2) is 0 Å². The molecule has 2 heterocycles. The predicted octanol–water partition coefficient (Wildman–Crippen LogP) is 2.10. The van der Waals surface area contributed by atoms with E-state index in [4.69, 9.17) is 8.92 Å². The number of aromatic amines is 1. The van der Waals surface area contributed by atoms with Crippen LogP contribution < -0.4 is 9.50 Å². The molecule has 0 bridgehead atoms. The van der Waals surface area contributed by atoms with Crippen LogP contribution in [0.1, 0.15) is 0 Å². The zero-order valence-corrected chi connectivity index (χ0v) is 16.6. The molecular weight excluding hydrogens is 410 g/mol. The molecule has 0 atom stereocenters. The highest BCUT2D eigenvalue weighted by Crippen LogP contribution is 2.24. The van der Waals surface area contributed by atoms with Crippen molar-refractivity contribution >= 4 is 33.0 Å². The zero-order chi connectivity index (χ0) is 21.1. The maximum absolute atomic E-state index is 12.6. The molecule has 2 aromatic heterocycles. The summed E-state index contributed by atoms with van der Waals surface area (Å²) in [6.45, 7) is -0.108. The van der Waals surface area contributed by atoms with Crippen LogP contribution in [-0.2, 0) is 19.6 Å². The number of hydrogen-bond donors (Lipinski definition) is 2. The summed E-state index contributed by atoms with van der Waals surface area (Å²) in [4.78, 5) is 22.7. The average Bonchev–Trinajstić information content (AvgIpc) is 3.37. The Balaban J connectivity index is 1.53. The van der Waals surface area contributed by atoms with Crippen LogP contribution in [0, 0.1) is 0 Å². The fourth-order valence-corrected chi connectivity index (χ4v) is 3.69. The highest BCUT2D eigenvalue weighted by molar-refractivity contribution is 7.87. The van der Waals surface area contributed by atoms with Crippen molar-refractivity contribution in [1.29, 1.82) is 0 Å². The minimum atomic E-state index is -4.03. The van der Waals surface area contributed by atoms with Gasteiger partial charge in [-0.1, -0.05) is 0 Å². The maximum Gasteiger partial charge on any atom is 0.339 e. The van der Waals surface area contributed by atoms with E-state index in [0.717, 1.165) is 5.69 Å². The van der Waals surface area contributed by atoms with Gasteiger partial charge in [0.2, 0.25) is 5.95 Å². The smallest absolute Gasteiger partial charge is 0.339 e. The first-order chi connectivity index (χ1) is 14.4. The molecule has 0 saturated carbocycles.